The topological polar surface area (TPSA) is 85.4 Å². The smallest absolute Gasteiger partial charge is 0.338 e. The molecule has 0 bridgehead atoms. The van der Waals surface area contributed by atoms with Gasteiger partial charge in [0, 0.05) is 11.1 Å². The molecule has 2 aromatic carbocycles. The molecule has 0 aliphatic rings. The molecular formula is C21H14Cl2N2O4. The summed E-state index contributed by atoms with van der Waals surface area (Å²) < 4.78 is 4.98. The van der Waals surface area contributed by atoms with Crippen LogP contribution in [0.25, 0.3) is 0 Å². The number of halogens is 2. The number of esters is 1. The van der Waals surface area contributed by atoms with Gasteiger partial charge in [-0.05, 0) is 24.3 Å². The number of ether oxygens (including phenoxy) is 1. The van der Waals surface area contributed by atoms with Crippen LogP contribution >= 0.6 is 23.2 Å². The molecule has 29 heavy (non-hydrogen) atoms. The van der Waals surface area contributed by atoms with E-state index in [1.807, 2.05) is 6.07 Å². The number of anilines is 1. The minimum Gasteiger partial charge on any atom is -0.452 e. The maximum absolute atomic E-state index is 12.7. The van der Waals surface area contributed by atoms with Crippen molar-refractivity contribution >= 4 is 46.5 Å². The van der Waals surface area contributed by atoms with Gasteiger partial charge in [0.25, 0.3) is 5.91 Å². The molecule has 1 N–H and O–H groups in total. The zero-order valence-corrected chi connectivity index (χ0v) is 16.4. The van der Waals surface area contributed by atoms with E-state index in [1.54, 1.807) is 48.5 Å². The summed E-state index contributed by atoms with van der Waals surface area (Å²) in [4.78, 5) is 40.7. The summed E-state index contributed by atoms with van der Waals surface area (Å²) in [6.07, 6.45) is 0. The monoisotopic (exact) mass is 428 g/mol. The molecule has 6 nitrogen and oxygen atoms in total. The van der Waals surface area contributed by atoms with Crippen molar-refractivity contribution in [2.45, 2.75) is 0 Å². The van der Waals surface area contributed by atoms with Crippen molar-refractivity contribution in [1.82, 2.24) is 4.98 Å². The number of nitrogens with zero attached hydrogens (tertiary/aromatic N) is 1. The Labute approximate surface area is 176 Å². The highest BCUT2D eigenvalue weighted by Crippen LogP contribution is 2.19. The van der Waals surface area contributed by atoms with Gasteiger partial charge in [-0.25, -0.2) is 9.78 Å². The fraction of sp³-hybridized carbons (Fsp3) is 0.0476. The van der Waals surface area contributed by atoms with Gasteiger partial charge >= 0.3 is 5.97 Å². The van der Waals surface area contributed by atoms with Gasteiger partial charge in [0.15, 0.2) is 12.4 Å². The maximum atomic E-state index is 12.7. The minimum absolute atomic E-state index is 0.0299. The lowest BCUT2D eigenvalue weighted by Crippen LogP contribution is -2.22. The number of rotatable bonds is 6. The molecule has 1 heterocycles. The molecule has 0 saturated carbocycles. The van der Waals surface area contributed by atoms with Gasteiger partial charge in [-0.2, -0.15) is 0 Å². The first kappa shape index (κ1) is 20.5. The highest BCUT2D eigenvalue weighted by molar-refractivity contribution is 6.33. The van der Waals surface area contributed by atoms with Crippen molar-refractivity contribution in [2.24, 2.45) is 0 Å². The molecule has 0 aliphatic heterocycles. The summed E-state index contributed by atoms with van der Waals surface area (Å²) in [6, 6.07) is 17.8. The van der Waals surface area contributed by atoms with Crippen LogP contribution in [-0.4, -0.2) is 29.3 Å². The van der Waals surface area contributed by atoms with E-state index in [0.29, 0.717) is 16.8 Å². The fourth-order valence-corrected chi connectivity index (χ4v) is 2.98. The third kappa shape index (κ3) is 5.40. The Kier molecular flexibility index (Phi) is 6.59. The lowest BCUT2D eigenvalue weighted by molar-refractivity contribution is -0.119. The van der Waals surface area contributed by atoms with Gasteiger partial charge in [-0.15, -0.1) is 0 Å². The molecule has 3 rings (SSSR count). The number of carbonyl (C=O) groups is 3. The summed E-state index contributed by atoms with van der Waals surface area (Å²) in [7, 11) is 0. The van der Waals surface area contributed by atoms with Gasteiger partial charge in [0.1, 0.15) is 10.3 Å². The SMILES string of the molecule is O=C(COC(=O)c1cc(Cl)nc(Cl)c1)Nc1ccccc1C(=O)c1ccccc1. The van der Waals surface area contributed by atoms with E-state index < -0.39 is 18.5 Å². The largest absolute Gasteiger partial charge is 0.452 e. The third-order valence-electron chi connectivity index (χ3n) is 3.81. The van der Waals surface area contributed by atoms with Crippen molar-refractivity contribution in [1.29, 1.82) is 0 Å². The molecule has 0 aliphatic carbocycles. The summed E-state index contributed by atoms with van der Waals surface area (Å²) in [6.45, 7) is -0.551. The first-order valence-electron chi connectivity index (χ1n) is 8.43. The zero-order valence-electron chi connectivity index (χ0n) is 14.9. The number of ketones is 1. The lowest BCUT2D eigenvalue weighted by Gasteiger charge is -2.11. The summed E-state index contributed by atoms with van der Waals surface area (Å²) in [5.74, 6) is -1.61. The molecule has 0 atom stereocenters. The molecule has 3 aromatic rings. The van der Waals surface area contributed by atoms with Gasteiger partial charge in [0.2, 0.25) is 0 Å². The standard InChI is InChI=1S/C21H14Cl2N2O4/c22-17-10-14(11-18(23)25-17)21(28)29-12-19(26)24-16-9-5-4-8-15(16)20(27)13-6-2-1-3-7-13/h1-11H,12H2,(H,24,26). The van der Waals surface area contributed by atoms with Crippen molar-refractivity contribution in [3.05, 3.63) is 93.7 Å². The van der Waals surface area contributed by atoms with E-state index in [-0.39, 0.29) is 21.7 Å². The Morgan fingerprint density at radius 1 is 0.862 bits per heavy atom. The number of aromatic nitrogens is 1. The second-order valence-corrected chi connectivity index (χ2v) is 6.64. The number of hydrogen-bond donors (Lipinski definition) is 1. The minimum atomic E-state index is -0.778. The average molecular weight is 429 g/mol. The van der Waals surface area contributed by atoms with Crippen molar-refractivity contribution in [3.8, 4) is 0 Å². The quantitative estimate of drug-likeness (QED) is 0.356. The first-order chi connectivity index (χ1) is 13.9. The lowest BCUT2D eigenvalue weighted by atomic mass is 10.0. The van der Waals surface area contributed by atoms with E-state index in [0.717, 1.165) is 0 Å². The molecular weight excluding hydrogens is 415 g/mol. The number of amides is 1. The van der Waals surface area contributed by atoms with Crippen LogP contribution in [0.2, 0.25) is 10.3 Å². The van der Waals surface area contributed by atoms with E-state index in [4.69, 9.17) is 27.9 Å². The number of benzene rings is 2. The third-order valence-corrected chi connectivity index (χ3v) is 4.20. The molecule has 0 saturated heterocycles. The van der Waals surface area contributed by atoms with Crippen LogP contribution in [0.3, 0.4) is 0 Å². The fourth-order valence-electron chi connectivity index (χ4n) is 2.52. The molecule has 0 radical (unpaired) electrons. The number of hydrogen-bond acceptors (Lipinski definition) is 5. The van der Waals surface area contributed by atoms with E-state index in [2.05, 4.69) is 10.3 Å². The maximum Gasteiger partial charge on any atom is 0.338 e. The van der Waals surface area contributed by atoms with E-state index >= 15 is 0 Å². The molecule has 0 unspecified atom stereocenters. The molecule has 8 heteroatoms. The Morgan fingerprint density at radius 3 is 2.17 bits per heavy atom. The number of carbonyl (C=O) groups excluding carboxylic acids is 3. The second kappa shape index (κ2) is 9.32. The Morgan fingerprint density at radius 2 is 1.48 bits per heavy atom. The number of para-hydroxylation sites is 1. The molecule has 146 valence electrons. The number of nitrogens with one attached hydrogen (secondary N) is 1. The van der Waals surface area contributed by atoms with Crippen molar-refractivity contribution < 1.29 is 19.1 Å². The molecule has 0 fully saturated rings. The Hall–Kier alpha value is -3.22. The first-order valence-corrected chi connectivity index (χ1v) is 9.18. The summed E-state index contributed by atoms with van der Waals surface area (Å²) in [5, 5.41) is 2.65. The van der Waals surface area contributed by atoms with Gasteiger partial charge in [0.05, 0.1) is 11.3 Å². The van der Waals surface area contributed by atoms with Crippen LogP contribution < -0.4 is 5.32 Å². The molecule has 1 aromatic heterocycles. The summed E-state index contributed by atoms with van der Waals surface area (Å²) in [5.41, 5.74) is 1.21. The van der Waals surface area contributed by atoms with Gasteiger partial charge in [-0.1, -0.05) is 65.7 Å². The highest BCUT2D eigenvalue weighted by Gasteiger charge is 2.16. The molecule has 0 spiro atoms. The number of pyridine rings is 1. The highest BCUT2D eigenvalue weighted by atomic mass is 35.5. The van der Waals surface area contributed by atoms with Crippen LogP contribution in [0.15, 0.2) is 66.7 Å². The Balaban J connectivity index is 1.67. The Bertz CT molecular complexity index is 1050. The molecule has 1 amide bonds. The van der Waals surface area contributed by atoms with Crippen LogP contribution in [0.4, 0.5) is 5.69 Å². The predicted octanol–water partition coefficient (Wildman–Crippen LogP) is 4.41. The van der Waals surface area contributed by atoms with Crippen molar-refractivity contribution in [3.63, 3.8) is 0 Å². The van der Waals surface area contributed by atoms with E-state index in [9.17, 15) is 14.4 Å². The van der Waals surface area contributed by atoms with Gasteiger partial charge < -0.3 is 10.1 Å². The normalized spacial score (nSPS) is 10.3. The van der Waals surface area contributed by atoms with Crippen LogP contribution in [0.1, 0.15) is 26.3 Å². The second-order valence-electron chi connectivity index (χ2n) is 5.87. The van der Waals surface area contributed by atoms with Crippen LogP contribution in [0, 0.1) is 0 Å². The summed E-state index contributed by atoms with van der Waals surface area (Å²) >= 11 is 11.5. The zero-order chi connectivity index (χ0) is 20.8. The van der Waals surface area contributed by atoms with Gasteiger partial charge in [-0.3, -0.25) is 9.59 Å². The van der Waals surface area contributed by atoms with E-state index in [1.165, 1.54) is 12.1 Å². The van der Waals surface area contributed by atoms with Crippen molar-refractivity contribution in [2.75, 3.05) is 11.9 Å². The van der Waals surface area contributed by atoms with Crippen LogP contribution in [-0.2, 0) is 9.53 Å². The predicted molar refractivity (Wildman–Crippen MR) is 109 cm³/mol. The average Bonchev–Trinajstić information content (AvgIpc) is 2.72. The van der Waals surface area contributed by atoms with Crippen LogP contribution in [0.5, 0.6) is 0 Å².